The number of carboxylic acid groups (broad SMARTS) is 1. The molecule has 1 atom stereocenters. The molecule has 2 aromatic carbocycles. The second kappa shape index (κ2) is 10.1. The van der Waals surface area contributed by atoms with Crippen molar-refractivity contribution in [3.63, 3.8) is 0 Å². The summed E-state index contributed by atoms with van der Waals surface area (Å²) in [6, 6.07) is 21.1. The molecule has 0 aliphatic rings. The van der Waals surface area contributed by atoms with E-state index in [-0.39, 0.29) is 0 Å². The first-order valence-electron chi connectivity index (χ1n) is 10.8. The Morgan fingerprint density at radius 2 is 1.72 bits per heavy atom. The average Bonchev–Trinajstić information content (AvgIpc) is 3.46. The first-order chi connectivity index (χ1) is 15.6. The smallest absolute Gasteiger partial charge is 0.327 e. The molecule has 2 heterocycles. The summed E-state index contributed by atoms with van der Waals surface area (Å²) < 4.78 is 7.55. The minimum atomic E-state index is -0.828. The van der Waals surface area contributed by atoms with Crippen LogP contribution in [0.5, 0.6) is 0 Å². The van der Waals surface area contributed by atoms with E-state index in [2.05, 4.69) is 10.3 Å². The molecule has 0 spiro atoms. The minimum Gasteiger partial charge on any atom is -0.480 e. The van der Waals surface area contributed by atoms with Crippen LogP contribution in [-0.4, -0.2) is 27.2 Å². The van der Waals surface area contributed by atoms with Gasteiger partial charge in [-0.3, -0.25) is 0 Å². The zero-order valence-electron chi connectivity index (χ0n) is 18.1. The Morgan fingerprint density at radius 1 is 1.03 bits per heavy atom. The van der Waals surface area contributed by atoms with Crippen molar-refractivity contribution in [3.05, 3.63) is 102 Å². The van der Waals surface area contributed by atoms with Gasteiger partial charge in [-0.05, 0) is 42.3 Å². The number of hydrogen-bond donors (Lipinski definition) is 2. The fraction of sp³-hybridized carbons (Fsp3) is 0.231. The van der Waals surface area contributed by atoms with Gasteiger partial charge in [0.15, 0.2) is 0 Å². The molecule has 0 bridgehead atoms. The van der Waals surface area contributed by atoms with Crippen molar-refractivity contribution in [2.75, 3.05) is 6.54 Å². The van der Waals surface area contributed by atoms with Crippen LogP contribution < -0.4 is 5.32 Å². The fourth-order valence-electron chi connectivity index (χ4n) is 3.70. The highest BCUT2D eigenvalue weighted by Crippen LogP contribution is 2.21. The van der Waals surface area contributed by atoms with Gasteiger partial charge in [-0.2, -0.15) is 0 Å². The highest BCUT2D eigenvalue weighted by molar-refractivity contribution is 5.72. The van der Waals surface area contributed by atoms with Crippen LogP contribution in [0.2, 0.25) is 0 Å². The predicted octanol–water partition coefficient (Wildman–Crippen LogP) is 4.65. The number of hydrogen-bond acceptors (Lipinski definition) is 4. The molecule has 0 fully saturated rings. The number of oxazole rings is 1. The van der Waals surface area contributed by atoms with E-state index in [1.807, 2.05) is 73.7 Å². The highest BCUT2D eigenvalue weighted by atomic mass is 16.4. The van der Waals surface area contributed by atoms with Gasteiger partial charge in [-0.1, -0.05) is 42.5 Å². The number of aryl methyl sites for hydroxylation is 1. The molecule has 4 rings (SSSR count). The number of aliphatic carboxylic acids is 1. The molecule has 0 unspecified atom stereocenters. The summed E-state index contributed by atoms with van der Waals surface area (Å²) in [5, 5.41) is 13.0. The third-order valence-electron chi connectivity index (χ3n) is 5.51. The van der Waals surface area contributed by atoms with Crippen LogP contribution in [0.1, 0.15) is 28.6 Å². The molecule has 0 radical (unpaired) electrons. The summed E-state index contributed by atoms with van der Waals surface area (Å²) in [5.74, 6) is 0.685. The van der Waals surface area contributed by atoms with Crippen LogP contribution in [0.25, 0.3) is 11.5 Å². The lowest BCUT2D eigenvalue weighted by Gasteiger charge is -2.14. The zero-order chi connectivity index (χ0) is 22.3. The maximum absolute atomic E-state index is 11.6. The molecular weight excluding hydrogens is 402 g/mol. The van der Waals surface area contributed by atoms with Crippen LogP contribution in [0.3, 0.4) is 0 Å². The van der Waals surface area contributed by atoms with Crippen molar-refractivity contribution in [2.45, 2.75) is 32.4 Å². The lowest BCUT2D eigenvalue weighted by molar-refractivity contribution is -0.140. The molecular formula is C26H27N3O3. The Balaban J connectivity index is 1.27. The first kappa shape index (κ1) is 21.6. The summed E-state index contributed by atoms with van der Waals surface area (Å²) in [6.45, 7) is 3.48. The van der Waals surface area contributed by atoms with E-state index in [1.165, 1.54) is 0 Å². The van der Waals surface area contributed by atoms with Gasteiger partial charge in [-0.15, -0.1) is 0 Å². The topological polar surface area (TPSA) is 80.3 Å². The highest BCUT2D eigenvalue weighted by Gasteiger charge is 2.19. The van der Waals surface area contributed by atoms with Crippen molar-refractivity contribution in [3.8, 4) is 11.5 Å². The van der Waals surface area contributed by atoms with Crippen molar-refractivity contribution in [1.82, 2.24) is 14.9 Å². The lowest BCUT2D eigenvalue weighted by atomic mass is 10.0. The van der Waals surface area contributed by atoms with E-state index in [0.29, 0.717) is 12.3 Å². The molecule has 0 aliphatic carbocycles. The molecule has 2 N–H and O–H groups in total. The molecule has 0 amide bonds. The van der Waals surface area contributed by atoms with E-state index in [4.69, 9.17) is 4.42 Å². The number of benzene rings is 2. The van der Waals surface area contributed by atoms with Crippen molar-refractivity contribution >= 4 is 5.97 Å². The molecule has 6 heteroatoms. The van der Waals surface area contributed by atoms with E-state index >= 15 is 0 Å². The van der Waals surface area contributed by atoms with E-state index < -0.39 is 12.0 Å². The zero-order valence-corrected chi connectivity index (χ0v) is 18.1. The number of carboxylic acids is 1. The quantitative estimate of drug-likeness (QED) is 0.359. The Hall–Kier alpha value is -3.64. The fourth-order valence-corrected chi connectivity index (χ4v) is 3.70. The Kier molecular flexibility index (Phi) is 6.82. The maximum atomic E-state index is 11.6. The summed E-state index contributed by atoms with van der Waals surface area (Å²) >= 11 is 0. The van der Waals surface area contributed by atoms with Crippen LogP contribution in [0.4, 0.5) is 0 Å². The molecule has 2 aromatic heterocycles. The molecule has 0 saturated heterocycles. The van der Waals surface area contributed by atoms with Crippen molar-refractivity contribution in [1.29, 1.82) is 0 Å². The van der Waals surface area contributed by atoms with Gasteiger partial charge in [0.2, 0.25) is 5.89 Å². The SMILES string of the molecule is Cc1oc(-c2ccccc2)nc1CCNCc1ccc(C[C@@H](C(=O)O)n2cccc2)cc1. The van der Waals surface area contributed by atoms with E-state index in [0.717, 1.165) is 47.7 Å². The summed E-state index contributed by atoms with van der Waals surface area (Å²) in [7, 11) is 0. The molecule has 4 aromatic rings. The van der Waals surface area contributed by atoms with Gasteiger partial charge in [0.25, 0.3) is 0 Å². The largest absolute Gasteiger partial charge is 0.480 e. The van der Waals surface area contributed by atoms with Crippen LogP contribution >= 0.6 is 0 Å². The van der Waals surface area contributed by atoms with E-state index in [1.54, 1.807) is 17.0 Å². The Morgan fingerprint density at radius 3 is 2.41 bits per heavy atom. The molecule has 6 nitrogen and oxygen atoms in total. The average molecular weight is 430 g/mol. The molecule has 164 valence electrons. The van der Waals surface area contributed by atoms with Crippen molar-refractivity contribution in [2.24, 2.45) is 0 Å². The number of nitrogens with zero attached hydrogens (tertiary/aromatic N) is 2. The van der Waals surface area contributed by atoms with Crippen LogP contribution in [-0.2, 0) is 24.2 Å². The van der Waals surface area contributed by atoms with Crippen LogP contribution in [0, 0.1) is 6.92 Å². The predicted molar refractivity (Wildman–Crippen MR) is 123 cm³/mol. The third kappa shape index (κ3) is 5.34. The Labute approximate surface area is 187 Å². The second-order valence-corrected chi connectivity index (χ2v) is 7.82. The monoisotopic (exact) mass is 429 g/mol. The van der Waals surface area contributed by atoms with Gasteiger partial charge < -0.3 is 19.4 Å². The first-order valence-corrected chi connectivity index (χ1v) is 10.8. The van der Waals surface area contributed by atoms with Crippen LogP contribution in [0.15, 0.2) is 83.5 Å². The molecule has 0 aliphatic heterocycles. The Bertz CT molecular complexity index is 1130. The number of nitrogens with one attached hydrogen (secondary N) is 1. The summed E-state index contributed by atoms with van der Waals surface area (Å²) in [6.07, 6.45) is 4.82. The maximum Gasteiger partial charge on any atom is 0.327 e. The van der Waals surface area contributed by atoms with Gasteiger partial charge >= 0.3 is 5.97 Å². The standard InChI is InChI=1S/C26H27N3O3/c1-19-23(28-25(32-19)22-7-3-2-4-8-22)13-14-27-18-21-11-9-20(10-12-21)17-24(26(30)31)29-15-5-6-16-29/h2-12,15-16,24,27H,13-14,17-18H2,1H3,(H,30,31)/t24-/m0/s1. The second-order valence-electron chi connectivity index (χ2n) is 7.82. The summed E-state index contributed by atoms with van der Waals surface area (Å²) in [4.78, 5) is 16.3. The van der Waals surface area contributed by atoms with Crippen molar-refractivity contribution < 1.29 is 14.3 Å². The normalized spacial score (nSPS) is 12.0. The summed E-state index contributed by atoms with van der Waals surface area (Å²) in [5.41, 5.74) is 4.11. The van der Waals surface area contributed by atoms with Gasteiger partial charge in [0.1, 0.15) is 11.8 Å². The minimum absolute atomic E-state index is 0.451. The van der Waals surface area contributed by atoms with Gasteiger partial charge in [0, 0.05) is 43.9 Å². The van der Waals surface area contributed by atoms with E-state index in [9.17, 15) is 9.90 Å². The van der Waals surface area contributed by atoms with Gasteiger partial charge in [-0.25, -0.2) is 9.78 Å². The molecule has 0 saturated carbocycles. The number of aromatic nitrogens is 2. The molecule has 32 heavy (non-hydrogen) atoms. The number of rotatable bonds is 10. The third-order valence-corrected chi connectivity index (χ3v) is 5.51. The number of carbonyl (C=O) groups is 1. The van der Waals surface area contributed by atoms with Gasteiger partial charge in [0.05, 0.1) is 5.69 Å². The lowest BCUT2D eigenvalue weighted by Crippen LogP contribution is -2.20.